The quantitative estimate of drug-likeness (QED) is 0.880. The van der Waals surface area contributed by atoms with E-state index < -0.39 is 0 Å². The molecule has 0 bridgehead atoms. The number of benzene rings is 1. The molecule has 2 atom stereocenters. The highest BCUT2D eigenvalue weighted by Crippen LogP contribution is 2.32. The summed E-state index contributed by atoms with van der Waals surface area (Å²) in [6, 6.07) is 9.05. The summed E-state index contributed by atoms with van der Waals surface area (Å²) in [4.78, 5) is 2.46. The van der Waals surface area contributed by atoms with E-state index in [-0.39, 0.29) is 0 Å². The molecule has 3 heteroatoms. The van der Waals surface area contributed by atoms with Gasteiger partial charge in [0.15, 0.2) is 0 Å². The summed E-state index contributed by atoms with van der Waals surface area (Å²) in [6.45, 7) is 3.01. The van der Waals surface area contributed by atoms with Crippen molar-refractivity contribution in [2.75, 3.05) is 13.6 Å². The summed E-state index contributed by atoms with van der Waals surface area (Å²) in [7, 11) is 2.21. The lowest BCUT2D eigenvalue weighted by molar-refractivity contribution is 0.114. The van der Waals surface area contributed by atoms with Crippen LogP contribution in [0.3, 0.4) is 0 Å². The van der Waals surface area contributed by atoms with Gasteiger partial charge >= 0.3 is 0 Å². The first-order valence-corrected chi connectivity index (χ1v) is 8.18. The van der Waals surface area contributed by atoms with E-state index in [1.165, 1.54) is 37.7 Å². The van der Waals surface area contributed by atoms with Crippen LogP contribution in [0.25, 0.3) is 0 Å². The second-order valence-corrected chi connectivity index (χ2v) is 6.53. The van der Waals surface area contributed by atoms with E-state index in [9.17, 15) is 0 Å². The maximum atomic E-state index is 6.08. The molecule has 2 nitrogen and oxygen atoms in total. The van der Waals surface area contributed by atoms with Gasteiger partial charge in [0.25, 0.3) is 0 Å². The van der Waals surface area contributed by atoms with E-state index in [0.717, 1.165) is 17.5 Å². The van der Waals surface area contributed by atoms with Gasteiger partial charge in [-0.1, -0.05) is 43.0 Å². The van der Waals surface area contributed by atoms with Crippen molar-refractivity contribution < 1.29 is 0 Å². The standard InChI is InChI=1S/C17H27ClN2/c1-13(14-8-10-16(18)11-9-14)20(2)17(12-19)15-6-4-3-5-7-15/h8-11,13,15,17H,3-7,12,19H2,1-2H3. The first kappa shape index (κ1) is 15.8. The average Bonchev–Trinajstić information content (AvgIpc) is 2.49. The third-order valence-electron chi connectivity index (χ3n) is 4.92. The van der Waals surface area contributed by atoms with Crippen LogP contribution >= 0.6 is 11.6 Å². The van der Waals surface area contributed by atoms with Crippen LogP contribution in [0.5, 0.6) is 0 Å². The molecule has 0 heterocycles. The van der Waals surface area contributed by atoms with Crippen LogP contribution in [0.15, 0.2) is 24.3 Å². The topological polar surface area (TPSA) is 29.3 Å². The Kier molecular flexibility index (Phi) is 5.88. The molecule has 1 saturated carbocycles. The first-order valence-electron chi connectivity index (χ1n) is 7.81. The molecule has 0 saturated heterocycles. The molecule has 0 amide bonds. The molecule has 2 N–H and O–H groups in total. The average molecular weight is 295 g/mol. The van der Waals surface area contributed by atoms with E-state index in [1.54, 1.807) is 0 Å². The van der Waals surface area contributed by atoms with Crippen LogP contribution in [0.2, 0.25) is 5.02 Å². The zero-order valence-corrected chi connectivity index (χ0v) is 13.4. The number of likely N-dealkylation sites (N-methyl/N-ethyl adjacent to an activating group) is 1. The summed E-state index contributed by atoms with van der Waals surface area (Å²) < 4.78 is 0. The maximum Gasteiger partial charge on any atom is 0.0406 e. The Bertz CT molecular complexity index is 398. The van der Waals surface area contributed by atoms with Gasteiger partial charge in [-0.05, 0) is 50.4 Å². The molecular formula is C17H27ClN2. The number of hydrogen-bond donors (Lipinski definition) is 1. The van der Waals surface area contributed by atoms with E-state index in [4.69, 9.17) is 17.3 Å². The number of rotatable bonds is 5. The highest BCUT2D eigenvalue weighted by Gasteiger charge is 2.28. The smallest absolute Gasteiger partial charge is 0.0406 e. The lowest BCUT2D eigenvalue weighted by Crippen LogP contribution is -2.45. The molecule has 0 aliphatic heterocycles. The van der Waals surface area contributed by atoms with Crippen LogP contribution in [0, 0.1) is 5.92 Å². The Morgan fingerprint density at radius 1 is 1.20 bits per heavy atom. The van der Waals surface area contributed by atoms with E-state index >= 15 is 0 Å². The van der Waals surface area contributed by atoms with Crippen LogP contribution in [-0.2, 0) is 0 Å². The molecule has 1 aromatic rings. The minimum atomic E-state index is 0.378. The van der Waals surface area contributed by atoms with Gasteiger partial charge in [0.1, 0.15) is 0 Å². The van der Waals surface area contributed by atoms with Crippen LogP contribution in [0.1, 0.15) is 50.6 Å². The minimum absolute atomic E-state index is 0.378. The highest BCUT2D eigenvalue weighted by atomic mass is 35.5. The highest BCUT2D eigenvalue weighted by molar-refractivity contribution is 6.30. The lowest BCUT2D eigenvalue weighted by atomic mass is 9.82. The Morgan fingerprint density at radius 2 is 1.80 bits per heavy atom. The lowest BCUT2D eigenvalue weighted by Gasteiger charge is -2.39. The van der Waals surface area contributed by atoms with Gasteiger partial charge in [0, 0.05) is 23.7 Å². The number of nitrogens with zero attached hydrogens (tertiary/aromatic N) is 1. The van der Waals surface area contributed by atoms with Gasteiger partial charge in [-0.25, -0.2) is 0 Å². The molecular weight excluding hydrogens is 268 g/mol. The van der Waals surface area contributed by atoms with Crippen molar-refractivity contribution in [2.24, 2.45) is 11.7 Å². The van der Waals surface area contributed by atoms with Gasteiger partial charge in [-0.15, -0.1) is 0 Å². The Labute approximate surface area is 128 Å². The van der Waals surface area contributed by atoms with Crippen molar-refractivity contribution in [2.45, 2.75) is 51.1 Å². The van der Waals surface area contributed by atoms with E-state index in [0.29, 0.717) is 12.1 Å². The van der Waals surface area contributed by atoms with Gasteiger partial charge in [-0.3, -0.25) is 4.90 Å². The van der Waals surface area contributed by atoms with Crippen molar-refractivity contribution in [3.8, 4) is 0 Å². The predicted octanol–water partition coefficient (Wildman–Crippen LogP) is 4.24. The van der Waals surface area contributed by atoms with Gasteiger partial charge < -0.3 is 5.73 Å². The number of halogens is 1. The molecule has 0 spiro atoms. The van der Waals surface area contributed by atoms with Gasteiger partial charge in [0.05, 0.1) is 0 Å². The van der Waals surface area contributed by atoms with Crippen LogP contribution in [-0.4, -0.2) is 24.5 Å². The van der Waals surface area contributed by atoms with Crippen LogP contribution in [0.4, 0.5) is 0 Å². The van der Waals surface area contributed by atoms with E-state index in [1.807, 2.05) is 12.1 Å². The molecule has 20 heavy (non-hydrogen) atoms. The molecule has 1 aliphatic rings. The first-order chi connectivity index (χ1) is 9.63. The number of nitrogens with two attached hydrogens (primary N) is 1. The van der Waals surface area contributed by atoms with Crippen molar-refractivity contribution in [3.05, 3.63) is 34.9 Å². The third-order valence-corrected chi connectivity index (χ3v) is 5.17. The summed E-state index contributed by atoms with van der Waals surface area (Å²) in [6.07, 6.45) is 6.79. The summed E-state index contributed by atoms with van der Waals surface area (Å²) in [5.41, 5.74) is 7.39. The molecule has 1 aromatic carbocycles. The summed E-state index contributed by atoms with van der Waals surface area (Å²) >= 11 is 5.97. The molecule has 0 radical (unpaired) electrons. The fourth-order valence-electron chi connectivity index (χ4n) is 3.47. The molecule has 1 aliphatic carbocycles. The largest absolute Gasteiger partial charge is 0.329 e. The molecule has 1 fully saturated rings. The third kappa shape index (κ3) is 3.75. The fourth-order valence-corrected chi connectivity index (χ4v) is 3.60. The van der Waals surface area contributed by atoms with E-state index in [2.05, 4.69) is 31.0 Å². The minimum Gasteiger partial charge on any atom is -0.329 e. The van der Waals surface area contributed by atoms with Crippen molar-refractivity contribution in [1.82, 2.24) is 4.90 Å². The van der Waals surface area contributed by atoms with Gasteiger partial charge in [-0.2, -0.15) is 0 Å². The maximum absolute atomic E-state index is 6.08. The normalized spacial score (nSPS) is 20.1. The fraction of sp³-hybridized carbons (Fsp3) is 0.647. The Balaban J connectivity index is 2.06. The van der Waals surface area contributed by atoms with Crippen molar-refractivity contribution in [3.63, 3.8) is 0 Å². The monoisotopic (exact) mass is 294 g/mol. The second kappa shape index (κ2) is 7.44. The molecule has 112 valence electrons. The van der Waals surface area contributed by atoms with Crippen molar-refractivity contribution >= 4 is 11.6 Å². The number of hydrogen-bond acceptors (Lipinski definition) is 2. The Hall–Kier alpha value is -0.570. The van der Waals surface area contributed by atoms with Gasteiger partial charge in [0.2, 0.25) is 0 Å². The zero-order valence-electron chi connectivity index (χ0n) is 12.7. The molecule has 2 unspecified atom stereocenters. The van der Waals surface area contributed by atoms with Crippen LogP contribution < -0.4 is 5.73 Å². The zero-order chi connectivity index (χ0) is 14.5. The second-order valence-electron chi connectivity index (χ2n) is 6.09. The Morgan fingerprint density at radius 3 is 2.35 bits per heavy atom. The predicted molar refractivity (Wildman–Crippen MR) is 87.0 cm³/mol. The summed E-state index contributed by atoms with van der Waals surface area (Å²) in [5, 5.41) is 0.797. The molecule has 0 aromatic heterocycles. The SMILES string of the molecule is CC(c1ccc(Cl)cc1)N(C)C(CN)C1CCCCC1. The summed E-state index contributed by atoms with van der Waals surface area (Å²) in [5.74, 6) is 0.758. The van der Waals surface area contributed by atoms with Crippen molar-refractivity contribution in [1.29, 1.82) is 0 Å². The molecule has 2 rings (SSSR count).